The van der Waals surface area contributed by atoms with E-state index < -0.39 is 0 Å². The zero-order valence-electron chi connectivity index (χ0n) is 16.1. The van der Waals surface area contributed by atoms with Gasteiger partial charge in [0, 0.05) is 18.2 Å². The number of nitrogens with one attached hydrogen (secondary N) is 2. The van der Waals surface area contributed by atoms with Crippen LogP contribution < -0.4 is 20.1 Å². The average Bonchev–Trinajstić information content (AvgIpc) is 3.06. The predicted molar refractivity (Wildman–Crippen MR) is 108 cm³/mol. The minimum absolute atomic E-state index is 0.119. The van der Waals surface area contributed by atoms with Crippen molar-refractivity contribution in [1.82, 2.24) is 10.3 Å². The van der Waals surface area contributed by atoms with Gasteiger partial charge in [0.1, 0.15) is 16.4 Å². The molecule has 2 aromatic rings. The van der Waals surface area contributed by atoms with Gasteiger partial charge in [-0.1, -0.05) is 30.6 Å². The Bertz CT molecular complexity index is 785. The Balaban J connectivity index is 1.64. The molecule has 1 aromatic carbocycles. The van der Waals surface area contributed by atoms with Crippen LogP contribution in [0, 0.1) is 6.92 Å². The lowest BCUT2D eigenvalue weighted by Gasteiger charge is -2.22. The van der Waals surface area contributed by atoms with E-state index in [1.54, 1.807) is 14.2 Å². The molecule has 0 spiro atoms. The van der Waals surface area contributed by atoms with Gasteiger partial charge in [0.15, 0.2) is 5.13 Å². The molecule has 2 N–H and O–H groups in total. The summed E-state index contributed by atoms with van der Waals surface area (Å²) in [5.41, 5.74) is 1.63. The quantitative estimate of drug-likeness (QED) is 0.744. The largest absolute Gasteiger partial charge is 0.497 e. The number of thiazole rings is 1. The molecule has 27 heavy (non-hydrogen) atoms. The van der Waals surface area contributed by atoms with Crippen molar-refractivity contribution in [3.63, 3.8) is 0 Å². The first-order chi connectivity index (χ1) is 13.1. The zero-order chi connectivity index (χ0) is 19.2. The molecule has 1 fully saturated rings. The number of amides is 1. The van der Waals surface area contributed by atoms with Gasteiger partial charge in [-0.2, -0.15) is 0 Å². The smallest absolute Gasteiger partial charge is 0.263 e. The van der Waals surface area contributed by atoms with E-state index in [1.165, 1.54) is 43.4 Å². The maximum absolute atomic E-state index is 12.7. The molecule has 1 aliphatic rings. The van der Waals surface area contributed by atoms with E-state index in [0.717, 1.165) is 27.9 Å². The van der Waals surface area contributed by atoms with Crippen LogP contribution in [-0.2, 0) is 6.54 Å². The van der Waals surface area contributed by atoms with Crippen molar-refractivity contribution in [1.29, 1.82) is 0 Å². The Morgan fingerprint density at radius 1 is 1.22 bits per heavy atom. The maximum atomic E-state index is 12.7. The molecule has 0 unspecified atom stereocenters. The number of benzene rings is 1. The maximum Gasteiger partial charge on any atom is 0.263 e. The third-order valence-electron chi connectivity index (χ3n) is 4.86. The van der Waals surface area contributed by atoms with Gasteiger partial charge in [0.2, 0.25) is 0 Å². The lowest BCUT2D eigenvalue weighted by atomic mass is 9.96. The van der Waals surface area contributed by atoms with Crippen molar-refractivity contribution in [3.8, 4) is 11.5 Å². The van der Waals surface area contributed by atoms with Crippen LogP contribution in [0.25, 0.3) is 0 Å². The first-order valence-electron chi connectivity index (χ1n) is 9.33. The van der Waals surface area contributed by atoms with Crippen LogP contribution in [0.3, 0.4) is 0 Å². The number of aromatic nitrogens is 1. The van der Waals surface area contributed by atoms with E-state index in [2.05, 4.69) is 15.6 Å². The summed E-state index contributed by atoms with van der Waals surface area (Å²) in [6.07, 6.45) is 6.19. The molecule has 0 saturated heterocycles. The van der Waals surface area contributed by atoms with E-state index in [4.69, 9.17) is 9.47 Å². The van der Waals surface area contributed by atoms with Crippen LogP contribution in [0.2, 0.25) is 0 Å². The molecule has 1 heterocycles. The second-order valence-electron chi connectivity index (χ2n) is 6.77. The summed E-state index contributed by atoms with van der Waals surface area (Å²) in [6, 6.07) is 6.01. The number of hydrogen-bond donors (Lipinski definition) is 2. The van der Waals surface area contributed by atoms with Crippen molar-refractivity contribution in [2.24, 2.45) is 0 Å². The normalized spacial score (nSPS) is 14.6. The molecule has 0 atom stereocenters. The van der Waals surface area contributed by atoms with Crippen molar-refractivity contribution in [2.45, 2.75) is 51.6 Å². The second-order valence-corrected chi connectivity index (χ2v) is 7.77. The number of hydrogen-bond acceptors (Lipinski definition) is 6. The summed E-state index contributed by atoms with van der Waals surface area (Å²) in [6.45, 7) is 2.24. The Morgan fingerprint density at radius 3 is 2.70 bits per heavy atom. The van der Waals surface area contributed by atoms with E-state index >= 15 is 0 Å². The van der Waals surface area contributed by atoms with E-state index in [-0.39, 0.29) is 5.91 Å². The zero-order valence-corrected chi connectivity index (χ0v) is 16.9. The van der Waals surface area contributed by atoms with E-state index in [1.807, 2.05) is 25.1 Å². The van der Waals surface area contributed by atoms with Crippen LogP contribution in [-0.4, -0.2) is 31.2 Å². The van der Waals surface area contributed by atoms with Gasteiger partial charge in [-0.25, -0.2) is 4.98 Å². The molecule has 1 amide bonds. The standard InChI is InChI=1S/C20H27N3O3S/c1-13-18(27-20(22-13)23-15-7-5-4-6-8-15)19(24)21-12-14-11-16(25-2)9-10-17(14)26-3/h9-11,15H,4-8,12H2,1-3H3,(H,21,24)(H,22,23). The number of methoxy groups -OCH3 is 2. The Hall–Kier alpha value is -2.28. The SMILES string of the molecule is COc1ccc(OC)c(CNC(=O)c2sc(NC3CCCCC3)nc2C)c1. The Kier molecular flexibility index (Phi) is 6.55. The van der Waals surface area contributed by atoms with Gasteiger partial charge >= 0.3 is 0 Å². The fourth-order valence-electron chi connectivity index (χ4n) is 3.37. The molecule has 1 saturated carbocycles. The Labute approximate surface area is 164 Å². The minimum Gasteiger partial charge on any atom is -0.497 e. The summed E-state index contributed by atoms with van der Waals surface area (Å²) in [5, 5.41) is 7.30. The molecular weight excluding hydrogens is 362 g/mol. The highest BCUT2D eigenvalue weighted by atomic mass is 32.1. The lowest BCUT2D eigenvalue weighted by Crippen LogP contribution is -2.23. The van der Waals surface area contributed by atoms with Gasteiger partial charge in [-0.05, 0) is 38.0 Å². The molecule has 3 rings (SSSR count). The number of ether oxygens (including phenoxy) is 2. The van der Waals surface area contributed by atoms with Gasteiger partial charge in [0.25, 0.3) is 5.91 Å². The topological polar surface area (TPSA) is 72.5 Å². The molecule has 6 nitrogen and oxygen atoms in total. The number of rotatable bonds is 7. The summed E-state index contributed by atoms with van der Waals surface area (Å²) in [5.74, 6) is 1.33. The van der Waals surface area contributed by atoms with Crippen LogP contribution >= 0.6 is 11.3 Å². The van der Waals surface area contributed by atoms with Crippen LogP contribution in [0.1, 0.15) is 53.0 Å². The average molecular weight is 390 g/mol. The molecule has 146 valence electrons. The summed E-state index contributed by atoms with van der Waals surface area (Å²) >= 11 is 1.42. The van der Waals surface area contributed by atoms with Gasteiger partial charge in [-0.3, -0.25) is 4.79 Å². The van der Waals surface area contributed by atoms with Gasteiger partial charge in [0.05, 0.1) is 19.9 Å². The van der Waals surface area contributed by atoms with Gasteiger partial charge < -0.3 is 20.1 Å². The number of nitrogens with zero attached hydrogens (tertiary/aromatic N) is 1. The lowest BCUT2D eigenvalue weighted by molar-refractivity contribution is 0.0954. The molecular formula is C20H27N3O3S. The minimum atomic E-state index is -0.119. The van der Waals surface area contributed by atoms with Crippen LogP contribution in [0.4, 0.5) is 5.13 Å². The molecule has 0 radical (unpaired) electrons. The highest BCUT2D eigenvalue weighted by Gasteiger charge is 2.19. The molecule has 0 aliphatic heterocycles. The highest BCUT2D eigenvalue weighted by molar-refractivity contribution is 7.17. The third kappa shape index (κ3) is 4.91. The number of carbonyl (C=O) groups is 1. The first-order valence-corrected chi connectivity index (χ1v) is 10.2. The highest BCUT2D eigenvalue weighted by Crippen LogP contribution is 2.28. The third-order valence-corrected chi connectivity index (χ3v) is 5.95. The number of anilines is 1. The molecule has 0 bridgehead atoms. The fourth-order valence-corrected chi connectivity index (χ4v) is 4.33. The van der Waals surface area contributed by atoms with E-state index in [0.29, 0.717) is 17.5 Å². The number of aryl methyl sites for hydroxylation is 1. The van der Waals surface area contributed by atoms with Crippen LogP contribution in [0.5, 0.6) is 11.5 Å². The molecule has 7 heteroatoms. The molecule has 1 aromatic heterocycles. The Morgan fingerprint density at radius 2 is 2.00 bits per heavy atom. The van der Waals surface area contributed by atoms with Crippen molar-refractivity contribution in [3.05, 3.63) is 34.3 Å². The van der Waals surface area contributed by atoms with Crippen molar-refractivity contribution < 1.29 is 14.3 Å². The second kappa shape index (κ2) is 9.08. The van der Waals surface area contributed by atoms with Crippen molar-refractivity contribution in [2.75, 3.05) is 19.5 Å². The molecule has 1 aliphatic carbocycles. The van der Waals surface area contributed by atoms with Gasteiger partial charge in [-0.15, -0.1) is 0 Å². The fraction of sp³-hybridized carbons (Fsp3) is 0.500. The van der Waals surface area contributed by atoms with Crippen molar-refractivity contribution >= 4 is 22.4 Å². The van der Waals surface area contributed by atoms with Crippen LogP contribution in [0.15, 0.2) is 18.2 Å². The first kappa shape index (κ1) is 19.5. The van der Waals surface area contributed by atoms with E-state index in [9.17, 15) is 4.79 Å². The predicted octanol–water partition coefficient (Wildman–Crippen LogP) is 4.14. The number of carbonyl (C=O) groups excluding carboxylic acids is 1. The summed E-state index contributed by atoms with van der Waals surface area (Å²) in [4.78, 5) is 17.9. The summed E-state index contributed by atoms with van der Waals surface area (Å²) in [7, 11) is 3.23. The summed E-state index contributed by atoms with van der Waals surface area (Å²) < 4.78 is 10.6. The monoisotopic (exact) mass is 389 g/mol.